The molecular formula is C12H17NO2. The van der Waals surface area contributed by atoms with Gasteiger partial charge in [-0.3, -0.25) is 4.79 Å². The first-order valence-corrected chi connectivity index (χ1v) is 4.91. The lowest BCUT2D eigenvalue weighted by Crippen LogP contribution is -2.36. The fraction of sp³-hybridized carbons (Fsp3) is 0.417. The molecule has 1 rings (SSSR count). The maximum atomic E-state index is 11.1. The number of hydrogen-bond donors (Lipinski definition) is 1. The van der Waals surface area contributed by atoms with Crippen LogP contribution in [0, 0.1) is 12.3 Å². The van der Waals surface area contributed by atoms with Crippen LogP contribution in [0.3, 0.4) is 0 Å². The maximum absolute atomic E-state index is 11.1. The number of hydrogen-bond acceptors (Lipinski definition) is 2. The van der Waals surface area contributed by atoms with E-state index in [1.54, 1.807) is 13.8 Å². The molecule has 1 amide bonds. The predicted octanol–water partition coefficient (Wildman–Crippen LogP) is 1.89. The highest BCUT2D eigenvalue weighted by Crippen LogP contribution is 2.18. The standard InChI is InChI=1S/C12H17NO2/c1-9-5-4-6-10(7-9)15-8-12(2,3)11(13)14/h4-7H,8H2,1-3H3,(H2,13,14). The van der Waals surface area contributed by atoms with Crippen molar-refractivity contribution < 1.29 is 9.53 Å². The zero-order valence-electron chi connectivity index (χ0n) is 9.41. The van der Waals surface area contributed by atoms with E-state index in [2.05, 4.69) is 0 Å². The highest BCUT2D eigenvalue weighted by atomic mass is 16.5. The number of benzene rings is 1. The smallest absolute Gasteiger partial charge is 0.226 e. The summed E-state index contributed by atoms with van der Waals surface area (Å²) in [4.78, 5) is 11.1. The van der Waals surface area contributed by atoms with Gasteiger partial charge in [0.1, 0.15) is 12.4 Å². The van der Waals surface area contributed by atoms with Crippen LogP contribution in [0.5, 0.6) is 5.75 Å². The SMILES string of the molecule is Cc1cccc(OCC(C)(C)C(N)=O)c1. The van der Waals surface area contributed by atoms with Gasteiger partial charge in [-0.25, -0.2) is 0 Å². The van der Waals surface area contributed by atoms with E-state index >= 15 is 0 Å². The normalized spacial score (nSPS) is 11.1. The molecule has 0 radical (unpaired) electrons. The summed E-state index contributed by atoms with van der Waals surface area (Å²) in [5.74, 6) is 0.416. The molecule has 0 fully saturated rings. The van der Waals surface area contributed by atoms with Crippen LogP contribution < -0.4 is 10.5 Å². The Bertz CT molecular complexity index is 358. The number of aryl methyl sites for hydroxylation is 1. The minimum atomic E-state index is -0.635. The Hall–Kier alpha value is -1.51. The molecule has 0 atom stereocenters. The van der Waals surface area contributed by atoms with Gasteiger partial charge in [-0.1, -0.05) is 12.1 Å². The molecule has 1 aromatic carbocycles. The molecule has 0 aliphatic heterocycles. The van der Waals surface area contributed by atoms with E-state index in [0.717, 1.165) is 11.3 Å². The van der Waals surface area contributed by atoms with Crippen molar-refractivity contribution in [2.45, 2.75) is 20.8 Å². The molecule has 3 heteroatoms. The summed E-state index contributed by atoms with van der Waals surface area (Å²) in [6.45, 7) is 5.83. The third-order valence-corrected chi connectivity index (χ3v) is 2.26. The van der Waals surface area contributed by atoms with E-state index in [1.807, 2.05) is 31.2 Å². The number of carbonyl (C=O) groups is 1. The quantitative estimate of drug-likeness (QED) is 0.819. The molecular weight excluding hydrogens is 190 g/mol. The van der Waals surface area contributed by atoms with Crippen LogP contribution in [0.1, 0.15) is 19.4 Å². The van der Waals surface area contributed by atoms with Crippen molar-refractivity contribution in [1.29, 1.82) is 0 Å². The van der Waals surface area contributed by atoms with Crippen molar-refractivity contribution in [3.63, 3.8) is 0 Å². The highest BCUT2D eigenvalue weighted by molar-refractivity contribution is 5.80. The minimum Gasteiger partial charge on any atom is -0.492 e. The molecule has 0 saturated heterocycles. The number of amides is 1. The first-order valence-electron chi connectivity index (χ1n) is 4.91. The van der Waals surface area contributed by atoms with E-state index in [-0.39, 0.29) is 5.91 Å². The number of carbonyl (C=O) groups excluding carboxylic acids is 1. The molecule has 0 bridgehead atoms. The lowest BCUT2D eigenvalue weighted by Gasteiger charge is -2.20. The largest absolute Gasteiger partial charge is 0.492 e. The first-order chi connectivity index (χ1) is 6.92. The molecule has 82 valence electrons. The number of primary amides is 1. The zero-order chi connectivity index (χ0) is 11.5. The van der Waals surface area contributed by atoms with E-state index in [1.165, 1.54) is 0 Å². The molecule has 3 nitrogen and oxygen atoms in total. The summed E-state index contributed by atoms with van der Waals surface area (Å²) in [5, 5.41) is 0. The zero-order valence-corrected chi connectivity index (χ0v) is 9.41. The van der Waals surface area contributed by atoms with Crippen molar-refractivity contribution in [3.05, 3.63) is 29.8 Å². The lowest BCUT2D eigenvalue weighted by atomic mass is 9.94. The molecule has 0 saturated carbocycles. The van der Waals surface area contributed by atoms with Gasteiger partial charge >= 0.3 is 0 Å². The number of rotatable bonds is 4. The van der Waals surface area contributed by atoms with Crippen molar-refractivity contribution in [2.24, 2.45) is 11.1 Å². The Balaban J connectivity index is 2.61. The summed E-state index contributed by atoms with van der Waals surface area (Å²) in [7, 11) is 0. The molecule has 0 aromatic heterocycles. The van der Waals surface area contributed by atoms with Crippen LogP contribution in [-0.4, -0.2) is 12.5 Å². The maximum Gasteiger partial charge on any atom is 0.226 e. The van der Waals surface area contributed by atoms with Gasteiger partial charge in [0, 0.05) is 0 Å². The Kier molecular flexibility index (Phi) is 3.35. The molecule has 2 N–H and O–H groups in total. The van der Waals surface area contributed by atoms with E-state index < -0.39 is 5.41 Å². The fourth-order valence-corrected chi connectivity index (χ4v) is 1.04. The van der Waals surface area contributed by atoms with Gasteiger partial charge in [0.05, 0.1) is 5.41 Å². The number of ether oxygens (including phenoxy) is 1. The Morgan fingerprint density at radius 3 is 2.67 bits per heavy atom. The molecule has 15 heavy (non-hydrogen) atoms. The Morgan fingerprint density at radius 2 is 2.13 bits per heavy atom. The monoisotopic (exact) mass is 207 g/mol. The average molecular weight is 207 g/mol. The molecule has 0 spiro atoms. The van der Waals surface area contributed by atoms with Gasteiger partial charge < -0.3 is 10.5 Å². The van der Waals surface area contributed by atoms with Crippen molar-refractivity contribution >= 4 is 5.91 Å². The Morgan fingerprint density at radius 1 is 1.47 bits per heavy atom. The first kappa shape index (κ1) is 11.6. The minimum absolute atomic E-state index is 0.297. The third kappa shape index (κ3) is 3.27. The highest BCUT2D eigenvalue weighted by Gasteiger charge is 2.25. The van der Waals surface area contributed by atoms with Gasteiger partial charge in [-0.05, 0) is 38.5 Å². The van der Waals surface area contributed by atoms with Crippen molar-refractivity contribution in [1.82, 2.24) is 0 Å². The van der Waals surface area contributed by atoms with Crippen molar-refractivity contribution in [3.8, 4) is 5.75 Å². The van der Waals surface area contributed by atoms with Crippen LogP contribution in [0.4, 0.5) is 0 Å². The predicted molar refractivity (Wildman–Crippen MR) is 59.6 cm³/mol. The fourth-order valence-electron chi connectivity index (χ4n) is 1.04. The lowest BCUT2D eigenvalue weighted by molar-refractivity contribution is -0.127. The second kappa shape index (κ2) is 4.34. The summed E-state index contributed by atoms with van der Waals surface area (Å²) >= 11 is 0. The molecule has 0 unspecified atom stereocenters. The van der Waals surface area contributed by atoms with Crippen molar-refractivity contribution in [2.75, 3.05) is 6.61 Å². The van der Waals surface area contributed by atoms with Crippen LogP contribution in [-0.2, 0) is 4.79 Å². The number of nitrogens with two attached hydrogens (primary N) is 1. The van der Waals surface area contributed by atoms with Gasteiger partial charge in [-0.2, -0.15) is 0 Å². The van der Waals surface area contributed by atoms with Gasteiger partial charge in [0.15, 0.2) is 0 Å². The van der Waals surface area contributed by atoms with Gasteiger partial charge in [0.25, 0.3) is 0 Å². The van der Waals surface area contributed by atoms with E-state index in [4.69, 9.17) is 10.5 Å². The average Bonchev–Trinajstić information content (AvgIpc) is 2.15. The van der Waals surface area contributed by atoms with Crippen LogP contribution in [0.25, 0.3) is 0 Å². The second-order valence-corrected chi connectivity index (χ2v) is 4.35. The molecule has 0 aliphatic carbocycles. The van der Waals surface area contributed by atoms with E-state index in [0.29, 0.717) is 6.61 Å². The summed E-state index contributed by atoms with van der Waals surface area (Å²) in [6.07, 6.45) is 0. The van der Waals surface area contributed by atoms with E-state index in [9.17, 15) is 4.79 Å². The molecule has 1 aromatic rings. The molecule has 0 aliphatic rings. The second-order valence-electron chi connectivity index (χ2n) is 4.35. The summed E-state index contributed by atoms with van der Waals surface area (Å²) in [6, 6.07) is 7.70. The third-order valence-electron chi connectivity index (χ3n) is 2.26. The summed E-state index contributed by atoms with van der Waals surface area (Å²) in [5.41, 5.74) is 5.74. The van der Waals surface area contributed by atoms with Crippen LogP contribution in [0.2, 0.25) is 0 Å². The van der Waals surface area contributed by atoms with Gasteiger partial charge in [-0.15, -0.1) is 0 Å². The topological polar surface area (TPSA) is 52.3 Å². The summed E-state index contributed by atoms with van der Waals surface area (Å²) < 4.78 is 5.51. The van der Waals surface area contributed by atoms with Crippen LogP contribution in [0.15, 0.2) is 24.3 Å². The van der Waals surface area contributed by atoms with Gasteiger partial charge in [0.2, 0.25) is 5.91 Å². The Labute approximate surface area is 90.2 Å². The molecule has 0 heterocycles. The van der Waals surface area contributed by atoms with Crippen LogP contribution >= 0.6 is 0 Å².